The predicted octanol–water partition coefficient (Wildman–Crippen LogP) is 3.17. The topological polar surface area (TPSA) is 55.8 Å². The molecule has 1 aromatic carbocycles. The molecule has 1 fully saturated rings. The molecule has 0 radical (unpaired) electrons. The molecule has 126 valence electrons. The summed E-state index contributed by atoms with van der Waals surface area (Å²) >= 11 is 0. The number of carbonyl (C=O) groups is 2. The number of benzene rings is 1. The van der Waals surface area contributed by atoms with Crippen LogP contribution in [0.25, 0.3) is 0 Å². The smallest absolute Gasteiger partial charge is 0.410 e. The normalized spacial score (nSPS) is 18.0. The molecule has 1 heterocycles. The number of hydrogen-bond acceptors (Lipinski definition) is 4. The lowest BCUT2D eigenvalue weighted by Crippen LogP contribution is -2.44. The van der Waals surface area contributed by atoms with Crippen LogP contribution in [0.2, 0.25) is 0 Å². The summed E-state index contributed by atoms with van der Waals surface area (Å²) in [5.41, 5.74) is 0.465. The largest absolute Gasteiger partial charge is 0.444 e. The highest BCUT2D eigenvalue weighted by Crippen LogP contribution is 2.21. The van der Waals surface area contributed by atoms with Crippen molar-refractivity contribution < 1.29 is 19.1 Å². The average molecular weight is 319 g/mol. The van der Waals surface area contributed by atoms with Gasteiger partial charge in [-0.3, -0.25) is 9.69 Å². The zero-order valence-corrected chi connectivity index (χ0v) is 14.1. The summed E-state index contributed by atoms with van der Waals surface area (Å²) < 4.78 is 10.9. The van der Waals surface area contributed by atoms with E-state index in [0.29, 0.717) is 19.6 Å². The molecule has 1 aromatic rings. The zero-order chi connectivity index (χ0) is 16.9. The van der Waals surface area contributed by atoms with Gasteiger partial charge >= 0.3 is 6.09 Å². The van der Waals surface area contributed by atoms with Crippen molar-refractivity contribution in [2.24, 2.45) is 0 Å². The molecule has 0 aromatic heterocycles. The minimum Gasteiger partial charge on any atom is -0.444 e. The van der Waals surface area contributed by atoms with Crippen LogP contribution >= 0.6 is 0 Å². The van der Waals surface area contributed by atoms with Crippen LogP contribution in [0.4, 0.5) is 4.79 Å². The van der Waals surface area contributed by atoms with Gasteiger partial charge < -0.3 is 9.47 Å². The van der Waals surface area contributed by atoms with Gasteiger partial charge in [0, 0.05) is 6.54 Å². The van der Waals surface area contributed by atoms with Crippen molar-refractivity contribution in [2.45, 2.75) is 51.9 Å². The third-order valence-corrected chi connectivity index (χ3v) is 3.61. The summed E-state index contributed by atoms with van der Waals surface area (Å²) in [4.78, 5) is 26.1. The monoisotopic (exact) mass is 319 g/mol. The second-order valence-electron chi connectivity index (χ2n) is 6.78. The predicted molar refractivity (Wildman–Crippen MR) is 87.1 cm³/mol. The van der Waals surface area contributed by atoms with Crippen LogP contribution in [-0.4, -0.2) is 41.6 Å². The van der Waals surface area contributed by atoms with Crippen LogP contribution < -0.4 is 0 Å². The van der Waals surface area contributed by atoms with Gasteiger partial charge in [-0.15, -0.1) is 0 Å². The van der Waals surface area contributed by atoms with Crippen LogP contribution in [-0.2, 0) is 20.9 Å². The van der Waals surface area contributed by atoms with Gasteiger partial charge in [-0.05, 0) is 39.2 Å². The van der Waals surface area contributed by atoms with E-state index in [9.17, 15) is 9.59 Å². The Bertz CT molecular complexity index is 536. The average Bonchev–Trinajstić information content (AvgIpc) is 2.96. The highest BCUT2D eigenvalue weighted by atomic mass is 16.6. The van der Waals surface area contributed by atoms with Crippen molar-refractivity contribution in [3.05, 3.63) is 35.9 Å². The number of ketones is 1. The van der Waals surface area contributed by atoms with Gasteiger partial charge in [-0.2, -0.15) is 0 Å². The summed E-state index contributed by atoms with van der Waals surface area (Å²) in [7, 11) is 0. The fourth-order valence-corrected chi connectivity index (χ4v) is 2.58. The van der Waals surface area contributed by atoms with E-state index in [0.717, 1.165) is 12.0 Å². The van der Waals surface area contributed by atoms with Crippen LogP contribution in [0.3, 0.4) is 0 Å². The van der Waals surface area contributed by atoms with E-state index in [2.05, 4.69) is 0 Å². The number of nitrogens with zero attached hydrogens (tertiary/aromatic N) is 1. The molecule has 1 aliphatic heterocycles. The lowest BCUT2D eigenvalue weighted by molar-refractivity contribution is -0.128. The van der Waals surface area contributed by atoms with E-state index in [1.165, 1.54) is 4.90 Å². The van der Waals surface area contributed by atoms with Crippen LogP contribution in [0.15, 0.2) is 30.3 Å². The maximum absolute atomic E-state index is 12.3. The van der Waals surface area contributed by atoms with Gasteiger partial charge in [0.15, 0.2) is 5.78 Å². The van der Waals surface area contributed by atoms with E-state index in [-0.39, 0.29) is 12.4 Å². The number of Topliss-reactive ketones (excluding diaryl/α,β-unsaturated/α-hetero) is 1. The first-order valence-electron chi connectivity index (χ1n) is 8.01. The van der Waals surface area contributed by atoms with Gasteiger partial charge in [0.2, 0.25) is 0 Å². The Kier molecular flexibility index (Phi) is 5.77. The lowest BCUT2D eigenvalue weighted by atomic mass is 10.1. The van der Waals surface area contributed by atoms with E-state index >= 15 is 0 Å². The van der Waals surface area contributed by atoms with Crippen molar-refractivity contribution in [1.82, 2.24) is 4.90 Å². The molecule has 2 rings (SSSR count). The lowest BCUT2D eigenvalue weighted by Gasteiger charge is -2.27. The molecule has 0 unspecified atom stereocenters. The number of amides is 1. The highest BCUT2D eigenvalue weighted by Gasteiger charge is 2.36. The van der Waals surface area contributed by atoms with Gasteiger partial charge in [-0.1, -0.05) is 30.3 Å². The Labute approximate surface area is 137 Å². The Hall–Kier alpha value is -1.88. The number of likely N-dealkylation sites (tertiary alicyclic amines) is 1. The van der Waals surface area contributed by atoms with Gasteiger partial charge in [0.1, 0.15) is 12.2 Å². The standard InChI is InChI=1S/C18H25NO4/c1-18(2,3)23-17(21)19-11-7-10-15(19)16(20)13-22-12-14-8-5-4-6-9-14/h4-6,8-9,15H,7,10-13H2,1-3H3/t15-/m0/s1. The highest BCUT2D eigenvalue weighted by molar-refractivity contribution is 5.88. The Balaban J connectivity index is 1.84. The van der Waals surface area contributed by atoms with E-state index in [1.54, 1.807) is 0 Å². The Morgan fingerprint density at radius 3 is 2.57 bits per heavy atom. The summed E-state index contributed by atoms with van der Waals surface area (Å²) in [6, 6.07) is 9.27. The van der Waals surface area contributed by atoms with Crippen molar-refractivity contribution >= 4 is 11.9 Å². The zero-order valence-electron chi connectivity index (χ0n) is 14.1. The number of ether oxygens (including phenoxy) is 2. The molecule has 0 spiro atoms. The minimum absolute atomic E-state index is 0.0128. The molecule has 23 heavy (non-hydrogen) atoms. The van der Waals surface area contributed by atoms with E-state index in [1.807, 2.05) is 51.1 Å². The van der Waals surface area contributed by atoms with E-state index < -0.39 is 17.7 Å². The molecule has 0 bridgehead atoms. The molecule has 1 saturated heterocycles. The summed E-state index contributed by atoms with van der Waals surface area (Å²) in [5.74, 6) is -0.0655. The second-order valence-corrected chi connectivity index (χ2v) is 6.78. The first-order valence-corrected chi connectivity index (χ1v) is 8.01. The molecule has 0 saturated carbocycles. The molecule has 0 N–H and O–H groups in total. The van der Waals surface area contributed by atoms with Crippen molar-refractivity contribution in [2.75, 3.05) is 13.2 Å². The maximum atomic E-state index is 12.3. The van der Waals surface area contributed by atoms with Crippen LogP contribution in [0.1, 0.15) is 39.2 Å². The Morgan fingerprint density at radius 1 is 1.22 bits per heavy atom. The third-order valence-electron chi connectivity index (χ3n) is 3.61. The van der Waals surface area contributed by atoms with Crippen molar-refractivity contribution in [3.8, 4) is 0 Å². The quantitative estimate of drug-likeness (QED) is 0.836. The van der Waals surface area contributed by atoms with Gasteiger partial charge in [0.25, 0.3) is 0 Å². The molecular weight excluding hydrogens is 294 g/mol. The number of carbonyl (C=O) groups excluding carboxylic acids is 2. The first kappa shape index (κ1) is 17.5. The van der Waals surface area contributed by atoms with Gasteiger partial charge in [0.05, 0.1) is 12.6 Å². The number of hydrogen-bond donors (Lipinski definition) is 0. The molecule has 1 amide bonds. The fourth-order valence-electron chi connectivity index (χ4n) is 2.58. The number of rotatable bonds is 5. The van der Waals surface area contributed by atoms with Crippen molar-refractivity contribution in [1.29, 1.82) is 0 Å². The maximum Gasteiger partial charge on any atom is 0.410 e. The minimum atomic E-state index is -0.558. The second kappa shape index (κ2) is 7.59. The fraction of sp³-hybridized carbons (Fsp3) is 0.556. The summed E-state index contributed by atoms with van der Waals surface area (Å²) in [6.45, 7) is 6.43. The summed E-state index contributed by atoms with van der Waals surface area (Å²) in [6.07, 6.45) is 1.07. The Morgan fingerprint density at radius 2 is 1.91 bits per heavy atom. The molecule has 5 heteroatoms. The molecule has 1 atom stereocenters. The van der Waals surface area contributed by atoms with Gasteiger partial charge in [-0.25, -0.2) is 4.79 Å². The van der Waals surface area contributed by atoms with Crippen LogP contribution in [0.5, 0.6) is 0 Å². The molecular formula is C18H25NO4. The first-order chi connectivity index (χ1) is 10.9. The molecule has 1 aliphatic rings. The summed E-state index contributed by atoms with van der Waals surface area (Å²) in [5, 5.41) is 0. The molecule has 5 nitrogen and oxygen atoms in total. The van der Waals surface area contributed by atoms with Crippen molar-refractivity contribution in [3.63, 3.8) is 0 Å². The van der Waals surface area contributed by atoms with Crippen LogP contribution in [0, 0.1) is 0 Å². The van der Waals surface area contributed by atoms with E-state index in [4.69, 9.17) is 9.47 Å². The SMILES string of the molecule is CC(C)(C)OC(=O)N1CCC[C@H]1C(=O)COCc1ccccc1. The molecule has 0 aliphatic carbocycles. The third kappa shape index (κ3) is 5.36.